The average Bonchev–Trinajstić information content (AvgIpc) is 2.90. The van der Waals surface area contributed by atoms with Gasteiger partial charge < -0.3 is 9.84 Å². The molecule has 1 aliphatic heterocycles. The summed E-state index contributed by atoms with van der Waals surface area (Å²) in [5.74, 6) is -2.15. The van der Waals surface area contributed by atoms with Crippen molar-refractivity contribution < 1.29 is 23.4 Å². The zero-order chi connectivity index (χ0) is 15.6. The van der Waals surface area contributed by atoms with Crippen molar-refractivity contribution in [1.29, 1.82) is 0 Å². The Morgan fingerprint density at radius 2 is 2.18 bits per heavy atom. The number of rotatable bonds is 1. The van der Waals surface area contributed by atoms with Gasteiger partial charge in [-0.1, -0.05) is 0 Å². The van der Waals surface area contributed by atoms with Crippen LogP contribution in [0.15, 0.2) is 21.1 Å². The van der Waals surface area contributed by atoms with E-state index < -0.39 is 23.2 Å². The van der Waals surface area contributed by atoms with E-state index in [1.807, 2.05) is 0 Å². The normalized spacial score (nSPS) is 13.2. The summed E-state index contributed by atoms with van der Waals surface area (Å²) in [6, 6.07) is 0.783. The van der Waals surface area contributed by atoms with Crippen LogP contribution >= 0.6 is 23.1 Å². The highest BCUT2D eigenvalue weighted by molar-refractivity contribution is 7.98. The molecule has 112 valence electrons. The lowest BCUT2D eigenvalue weighted by Crippen LogP contribution is -2.17. The maximum atomic E-state index is 14.0. The number of benzene rings is 1. The monoisotopic (exact) mass is 341 g/mol. The number of pyridine rings is 1. The predicted molar refractivity (Wildman–Crippen MR) is 77.2 cm³/mol. The summed E-state index contributed by atoms with van der Waals surface area (Å²) in [6.07, 6.45) is -1.64. The second-order valence-corrected chi connectivity index (χ2v) is 6.42. The summed E-state index contributed by atoms with van der Waals surface area (Å²) in [5, 5.41) is 10.4. The first-order chi connectivity index (χ1) is 10.5. The second kappa shape index (κ2) is 4.43. The van der Waals surface area contributed by atoms with E-state index in [0.717, 1.165) is 34.9 Å². The van der Waals surface area contributed by atoms with Crippen molar-refractivity contribution in [2.24, 2.45) is 0 Å². The molecule has 0 saturated carbocycles. The topological polar surface area (TPSA) is 68.0 Å². The van der Waals surface area contributed by atoms with Gasteiger partial charge in [-0.2, -0.15) is 0 Å². The van der Waals surface area contributed by atoms with E-state index in [4.69, 9.17) is 5.11 Å². The van der Waals surface area contributed by atoms with Crippen LogP contribution in [0, 0.1) is 11.6 Å². The second-order valence-electron chi connectivity index (χ2n) is 4.58. The van der Waals surface area contributed by atoms with Crippen LogP contribution < -0.4 is 10.2 Å². The van der Waals surface area contributed by atoms with Crippen LogP contribution in [0.4, 0.5) is 13.6 Å². The molecule has 0 unspecified atom stereocenters. The molecule has 3 heterocycles. The van der Waals surface area contributed by atoms with Crippen molar-refractivity contribution in [3.8, 4) is 5.75 Å². The molecule has 0 atom stereocenters. The molecule has 0 spiro atoms. The minimum absolute atomic E-state index is 0.0508. The molecule has 22 heavy (non-hydrogen) atoms. The summed E-state index contributed by atoms with van der Waals surface area (Å²) in [4.78, 5) is 23.6. The predicted octanol–water partition coefficient (Wildman–Crippen LogP) is 3.45. The summed E-state index contributed by atoms with van der Waals surface area (Å²) < 4.78 is 33.9. The van der Waals surface area contributed by atoms with E-state index in [0.29, 0.717) is 5.75 Å². The highest BCUT2D eigenvalue weighted by Crippen LogP contribution is 2.41. The first-order valence-electron chi connectivity index (χ1n) is 5.99. The van der Waals surface area contributed by atoms with Gasteiger partial charge in [0.25, 0.3) is 0 Å². The molecule has 0 radical (unpaired) electrons. The van der Waals surface area contributed by atoms with E-state index in [-0.39, 0.29) is 26.4 Å². The number of ether oxygens (including phenoxy) is 1. The summed E-state index contributed by atoms with van der Waals surface area (Å²) in [6.45, 7) is 0. The number of thiazole rings is 1. The number of carbonyl (C=O) groups is 1. The molecule has 4 rings (SSSR count). The Balaban J connectivity index is 2.30. The fourth-order valence-corrected chi connectivity index (χ4v) is 4.69. The zero-order valence-electron chi connectivity index (χ0n) is 10.6. The van der Waals surface area contributed by atoms with Gasteiger partial charge in [0.15, 0.2) is 11.6 Å². The fraction of sp³-hybridized carbons (Fsp3) is 0.0769. The molecule has 0 bridgehead atoms. The van der Waals surface area contributed by atoms with Gasteiger partial charge in [0, 0.05) is 16.8 Å². The van der Waals surface area contributed by atoms with Gasteiger partial charge in [-0.15, -0.1) is 23.1 Å². The van der Waals surface area contributed by atoms with Crippen molar-refractivity contribution >= 4 is 45.0 Å². The summed E-state index contributed by atoms with van der Waals surface area (Å²) in [7, 11) is 0. The van der Waals surface area contributed by atoms with E-state index >= 15 is 0 Å². The van der Waals surface area contributed by atoms with Gasteiger partial charge in [-0.25, -0.2) is 13.6 Å². The van der Waals surface area contributed by atoms with Gasteiger partial charge in [-0.3, -0.25) is 9.20 Å². The SMILES string of the molecule is O=C(O)Oc1c(=O)c2cc(F)c(F)c3c2n2c(csc12)CS3. The van der Waals surface area contributed by atoms with Crippen molar-refractivity contribution in [1.82, 2.24) is 4.40 Å². The maximum Gasteiger partial charge on any atom is 0.511 e. The first kappa shape index (κ1) is 13.5. The Bertz CT molecular complexity index is 1040. The van der Waals surface area contributed by atoms with Crippen LogP contribution in [0.1, 0.15) is 5.69 Å². The lowest BCUT2D eigenvalue weighted by Gasteiger charge is -2.17. The van der Waals surface area contributed by atoms with Crippen LogP contribution in [0.3, 0.4) is 0 Å². The van der Waals surface area contributed by atoms with E-state index in [9.17, 15) is 18.4 Å². The van der Waals surface area contributed by atoms with Crippen LogP contribution in [0.25, 0.3) is 15.7 Å². The number of hydrogen-bond donors (Lipinski definition) is 1. The Hall–Kier alpha value is -2.13. The molecule has 5 nitrogen and oxygen atoms in total. The van der Waals surface area contributed by atoms with Crippen LogP contribution in [-0.2, 0) is 5.75 Å². The van der Waals surface area contributed by atoms with E-state index in [1.165, 1.54) is 0 Å². The Morgan fingerprint density at radius 1 is 1.41 bits per heavy atom. The highest BCUT2D eigenvalue weighted by atomic mass is 32.2. The van der Waals surface area contributed by atoms with Crippen LogP contribution in [-0.4, -0.2) is 15.7 Å². The standard InChI is InChI=1S/C13H5F2NO4S2/c14-6-1-5-8-11(7(6)15)21-2-4-3-22-12(16(4)8)10(9(5)17)20-13(18)19/h1,3H,2H2,(H,18,19). The van der Waals surface area contributed by atoms with Gasteiger partial charge in [0.1, 0.15) is 4.83 Å². The fourth-order valence-electron chi connectivity index (χ4n) is 2.52. The van der Waals surface area contributed by atoms with Crippen molar-refractivity contribution in [2.75, 3.05) is 0 Å². The zero-order valence-corrected chi connectivity index (χ0v) is 12.2. The number of hydrogen-bond acceptors (Lipinski definition) is 5. The highest BCUT2D eigenvalue weighted by Gasteiger charge is 2.27. The maximum absolute atomic E-state index is 14.0. The van der Waals surface area contributed by atoms with Gasteiger partial charge in [0.05, 0.1) is 15.8 Å². The molecular weight excluding hydrogens is 336 g/mol. The number of aromatic nitrogens is 1. The van der Waals surface area contributed by atoms with Crippen LogP contribution in [0.2, 0.25) is 0 Å². The van der Waals surface area contributed by atoms with Crippen LogP contribution in [0.5, 0.6) is 5.75 Å². The minimum Gasteiger partial charge on any atom is -0.449 e. The minimum atomic E-state index is -1.64. The molecule has 0 saturated heterocycles. The number of thioether (sulfide) groups is 1. The Labute approximate surface area is 128 Å². The third-order valence-electron chi connectivity index (χ3n) is 3.37. The van der Waals surface area contributed by atoms with Crippen molar-refractivity contribution in [2.45, 2.75) is 10.6 Å². The molecule has 0 amide bonds. The number of halogens is 2. The smallest absolute Gasteiger partial charge is 0.449 e. The third-order valence-corrected chi connectivity index (χ3v) is 5.45. The molecule has 3 aromatic rings. The van der Waals surface area contributed by atoms with Gasteiger partial charge in [-0.05, 0) is 6.07 Å². The van der Waals surface area contributed by atoms with E-state index in [1.54, 1.807) is 9.78 Å². The molecule has 1 N–H and O–H groups in total. The summed E-state index contributed by atoms with van der Waals surface area (Å²) in [5.41, 5.74) is 0.251. The molecule has 1 aromatic carbocycles. The number of carboxylic acid groups (broad SMARTS) is 1. The van der Waals surface area contributed by atoms with Crippen molar-refractivity contribution in [3.05, 3.63) is 39.0 Å². The Kier molecular flexibility index (Phi) is 2.73. The molecule has 9 heteroatoms. The molecule has 1 aliphatic rings. The lowest BCUT2D eigenvalue weighted by atomic mass is 10.2. The largest absolute Gasteiger partial charge is 0.511 e. The quantitative estimate of drug-likeness (QED) is 0.687. The van der Waals surface area contributed by atoms with Gasteiger partial charge in [0.2, 0.25) is 11.2 Å². The average molecular weight is 341 g/mol. The molecular formula is C13H5F2NO4S2. The van der Waals surface area contributed by atoms with Crippen molar-refractivity contribution in [3.63, 3.8) is 0 Å². The lowest BCUT2D eigenvalue weighted by molar-refractivity contribution is 0.144. The summed E-state index contributed by atoms with van der Waals surface area (Å²) >= 11 is 2.23. The van der Waals surface area contributed by atoms with Gasteiger partial charge >= 0.3 is 6.16 Å². The third kappa shape index (κ3) is 1.63. The molecule has 2 aromatic heterocycles. The number of nitrogens with zero attached hydrogens (tertiary/aromatic N) is 1. The Morgan fingerprint density at radius 3 is 2.91 bits per heavy atom. The van der Waals surface area contributed by atoms with E-state index in [2.05, 4.69) is 4.74 Å². The first-order valence-corrected chi connectivity index (χ1v) is 7.86. The molecule has 0 aliphatic carbocycles. The molecule has 0 fully saturated rings.